The van der Waals surface area contributed by atoms with Crippen molar-refractivity contribution in [3.05, 3.63) is 5.89 Å². The first-order valence-corrected chi connectivity index (χ1v) is 5.42. The van der Waals surface area contributed by atoms with Crippen molar-refractivity contribution in [1.29, 1.82) is 0 Å². The zero-order chi connectivity index (χ0) is 13.1. The second kappa shape index (κ2) is 5.13. The second-order valence-corrected chi connectivity index (χ2v) is 4.55. The molecular formula is C10H19N5O2. The van der Waals surface area contributed by atoms with Gasteiger partial charge in [-0.3, -0.25) is 4.79 Å². The Kier molecular flexibility index (Phi) is 4.06. The maximum absolute atomic E-state index is 11.5. The average molecular weight is 241 g/mol. The molecule has 0 aliphatic heterocycles. The molecule has 0 bridgehead atoms. The summed E-state index contributed by atoms with van der Waals surface area (Å²) in [5.41, 5.74) is 5.03. The predicted molar refractivity (Wildman–Crippen MR) is 63.2 cm³/mol. The highest BCUT2D eigenvalue weighted by Gasteiger charge is 2.27. The minimum absolute atomic E-state index is 0.0584. The van der Waals surface area contributed by atoms with Crippen LogP contribution in [0, 0.1) is 5.41 Å². The molecule has 0 aromatic carbocycles. The number of carbonyl (C=O) groups is 1. The summed E-state index contributed by atoms with van der Waals surface area (Å²) in [5.74, 6) is 0.308. The second-order valence-electron chi connectivity index (χ2n) is 4.55. The molecule has 0 saturated heterocycles. The number of aromatic nitrogens is 2. The maximum atomic E-state index is 11.5. The molecule has 17 heavy (non-hydrogen) atoms. The minimum Gasteiger partial charge on any atom is -0.406 e. The van der Waals surface area contributed by atoms with Crippen molar-refractivity contribution in [1.82, 2.24) is 15.5 Å². The monoisotopic (exact) mass is 241 g/mol. The Morgan fingerprint density at radius 2 is 2.18 bits per heavy atom. The zero-order valence-electron chi connectivity index (χ0n) is 10.6. The van der Waals surface area contributed by atoms with Crippen LogP contribution in [-0.4, -0.2) is 29.7 Å². The summed E-state index contributed by atoms with van der Waals surface area (Å²) in [4.78, 5) is 11.5. The number of nitrogens with two attached hydrogens (primary N) is 1. The highest BCUT2D eigenvalue weighted by atomic mass is 16.4. The van der Waals surface area contributed by atoms with E-state index < -0.39 is 5.41 Å². The average Bonchev–Trinajstić information content (AvgIpc) is 2.74. The van der Waals surface area contributed by atoms with Gasteiger partial charge in [-0.15, -0.1) is 5.10 Å². The summed E-state index contributed by atoms with van der Waals surface area (Å²) in [6.45, 7) is 5.79. The molecule has 4 N–H and O–H groups in total. The quantitative estimate of drug-likeness (QED) is 0.683. The lowest BCUT2D eigenvalue weighted by molar-refractivity contribution is -0.128. The molecule has 0 radical (unpaired) electrons. The predicted octanol–water partition coefficient (Wildman–Crippen LogP) is 0.273. The molecule has 1 rings (SSSR count). The van der Waals surface area contributed by atoms with E-state index in [1.165, 1.54) is 0 Å². The molecule has 0 saturated carbocycles. The first-order chi connectivity index (χ1) is 7.86. The van der Waals surface area contributed by atoms with E-state index in [0.717, 1.165) is 0 Å². The van der Waals surface area contributed by atoms with Crippen molar-refractivity contribution in [2.75, 3.05) is 18.9 Å². The van der Waals surface area contributed by atoms with Crippen molar-refractivity contribution < 1.29 is 9.21 Å². The highest BCUT2D eigenvalue weighted by Crippen LogP contribution is 2.17. The van der Waals surface area contributed by atoms with Crippen LogP contribution in [0.25, 0.3) is 0 Å². The number of hydrogen-bond donors (Lipinski definition) is 3. The van der Waals surface area contributed by atoms with Gasteiger partial charge in [-0.1, -0.05) is 5.10 Å². The van der Waals surface area contributed by atoms with E-state index in [1.807, 2.05) is 13.8 Å². The Bertz CT molecular complexity index is 386. The SMILES string of the molecule is CNC(=O)C(C)(C)CNc1nnc(C(C)N)o1. The largest absolute Gasteiger partial charge is 0.406 e. The van der Waals surface area contributed by atoms with Gasteiger partial charge in [0.05, 0.1) is 11.5 Å². The van der Waals surface area contributed by atoms with Crippen LogP contribution in [0.3, 0.4) is 0 Å². The van der Waals surface area contributed by atoms with E-state index in [-0.39, 0.29) is 18.0 Å². The van der Waals surface area contributed by atoms with Gasteiger partial charge in [-0.2, -0.15) is 0 Å². The van der Waals surface area contributed by atoms with Crippen molar-refractivity contribution in [3.63, 3.8) is 0 Å². The lowest BCUT2D eigenvalue weighted by Crippen LogP contribution is -2.39. The van der Waals surface area contributed by atoms with Gasteiger partial charge in [0, 0.05) is 13.6 Å². The fourth-order valence-electron chi connectivity index (χ4n) is 1.21. The Hall–Kier alpha value is -1.63. The molecule has 7 nitrogen and oxygen atoms in total. The first-order valence-electron chi connectivity index (χ1n) is 5.42. The van der Waals surface area contributed by atoms with E-state index in [9.17, 15) is 4.79 Å². The molecule has 0 aliphatic carbocycles. The van der Waals surface area contributed by atoms with E-state index in [2.05, 4.69) is 20.8 Å². The standard InChI is InChI=1S/C10H19N5O2/c1-6(11)7-14-15-9(17-7)13-5-10(2,3)8(16)12-4/h6H,5,11H2,1-4H3,(H,12,16)(H,13,15). The number of hydrogen-bond acceptors (Lipinski definition) is 6. The van der Waals surface area contributed by atoms with Crippen LogP contribution in [0.2, 0.25) is 0 Å². The van der Waals surface area contributed by atoms with Crippen LogP contribution >= 0.6 is 0 Å². The van der Waals surface area contributed by atoms with Crippen LogP contribution in [0.1, 0.15) is 32.7 Å². The topological polar surface area (TPSA) is 106 Å². The van der Waals surface area contributed by atoms with Gasteiger partial charge in [0.15, 0.2) is 0 Å². The Labute approximate surface area is 100 Å². The number of rotatable bonds is 5. The molecule has 7 heteroatoms. The zero-order valence-corrected chi connectivity index (χ0v) is 10.6. The van der Waals surface area contributed by atoms with Gasteiger partial charge >= 0.3 is 6.01 Å². The normalized spacial score (nSPS) is 13.2. The minimum atomic E-state index is -0.558. The highest BCUT2D eigenvalue weighted by molar-refractivity contribution is 5.82. The van der Waals surface area contributed by atoms with Gasteiger partial charge in [0.1, 0.15) is 0 Å². The van der Waals surface area contributed by atoms with Gasteiger partial charge in [0.25, 0.3) is 0 Å². The molecule has 0 fully saturated rings. The van der Waals surface area contributed by atoms with Crippen LogP contribution in [-0.2, 0) is 4.79 Å². The molecule has 1 unspecified atom stereocenters. The molecule has 1 aromatic heterocycles. The van der Waals surface area contributed by atoms with Crippen molar-refractivity contribution in [2.45, 2.75) is 26.8 Å². The van der Waals surface area contributed by atoms with E-state index in [0.29, 0.717) is 12.4 Å². The number of carbonyl (C=O) groups excluding carboxylic acids is 1. The van der Waals surface area contributed by atoms with Crippen LogP contribution in [0.4, 0.5) is 6.01 Å². The van der Waals surface area contributed by atoms with Crippen molar-refractivity contribution in [3.8, 4) is 0 Å². The number of nitrogens with one attached hydrogen (secondary N) is 2. The Morgan fingerprint density at radius 1 is 1.53 bits per heavy atom. The van der Waals surface area contributed by atoms with Crippen LogP contribution in [0.5, 0.6) is 0 Å². The summed E-state index contributed by atoms with van der Waals surface area (Å²) < 4.78 is 5.26. The maximum Gasteiger partial charge on any atom is 0.315 e. The third-order valence-electron chi connectivity index (χ3n) is 2.35. The van der Waals surface area contributed by atoms with Gasteiger partial charge < -0.3 is 20.8 Å². The fourth-order valence-corrected chi connectivity index (χ4v) is 1.21. The molecule has 1 aromatic rings. The van der Waals surface area contributed by atoms with Gasteiger partial charge in [0.2, 0.25) is 11.8 Å². The van der Waals surface area contributed by atoms with Gasteiger partial charge in [-0.05, 0) is 20.8 Å². The van der Waals surface area contributed by atoms with E-state index in [4.69, 9.17) is 10.2 Å². The smallest absolute Gasteiger partial charge is 0.315 e. The Balaban J connectivity index is 2.58. The number of anilines is 1. The summed E-state index contributed by atoms with van der Waals surface area (Å²) in [5, 5.41) is 13.1. The third kappa shape index (κ3) is 3.42. The molecule has 0 spiro atoms. The summed E-state index contributed by atoms with van der Waals surface area (Å²) in [6.07, 6.45) is 0. The lowest BCUT2D eigenvalue weighted by Gasteiger charge is -2.21. The fraction of sp³-hybridized carbons (Fsp3) is 0.700. The van der Waals surface area contributed by atoms with Crippen molar-refractivity contribution >= 4 is 11.9 Å². The van der Waals surface area contributed by atoms with E-state index in [1.54, 1.807) is 14.0 Å². The molecule has 1 amide bonds. The molecule has 96 valence electrons. The molecular weight excluding hydrogens is 222 g/mol. The summed E-state index contributed by atoms with van der Waals surface area (Å²) >= 11 is 0. The van der Waals surface area contributed by atoms with E-state index >= 15 is 0 Å². The van der Waals surface area contributed by atoms with Crippen LogP contribution < -0.4 is 16.4 Å². The lowest BCUT2D eigenvalue weighted by atomic mass is 9.92. The molecule has 1 atom stereocenters. The number of nitrogens with zero attached hydrogens (tertiary/aromatic N) is 2. The Morgan fingerprint density at radius 3 is 2.65 bits per heavy atom. The third-order valence-corrected chi connectivity index (χ3v) is 2.35. The first kappa shape index (κ1) is 13.4. The van der Waals surface area contributed by atoms with Crippen molar-refractivity contribution in [2.24, 2.45) is 11.1 Å². The summed E-state index contributed by atoms with van der Waals surface area (Å²) in [6, 6.07) is -0.0284. The molecule has 0 aliphatic rings. The summed E-state index contributed by atoms with van der Waals surface area (Å²) in [7, 11) is 1.60. The number of amides is 1. The molecule has 1 heterocycles. The van der Waals surface area contributed by atoms with Gasteiger partial charge in [-0.25, -0.2) is 0 Å². The van der Waals surface area contributed by atoms with Crippen LogP contribution in [0.15, 0.2) is 4.42 Å².